The highest BCUT2D eigenvalue weighted by molar-refractivity contribution is 7.18. The summed E-state index contributed by atoms with van der Waals surface area (Å²) in [5, 5.41) is 0.607. The molecule has 0 saturated carbocycles. The number of pyridine rings is 1. The molecule has 1 amide bonds. The van der Waals surface area contributed by atoms with E-state index in [0.717, 1.165) is 22.7 Å². The minimum Gasteiger partial charge on any atom is -0.353 e. The van der Waals surface area contributed by atoms with Crippen molar-refractivity contribution in [2.24, 2.45) is 0 Å². The number of hydrogen-bond donors (Lipinski definition) is 1. The first-order chi connectivity index (χ1) is 15.1. The molecule has 1 saturated heterocycles. The van der Waals surface area contributed by atoms with E-state index in [4.69, 9.17) is 0 Å². The highest BCUT2D eigenvalue weighted by atomic mass is 32.1. The van der Waals surface area contributed by atoms with Crippen LogP contribution in [0.25, 0.3) is 10.2 Å². The van der Waals surface area contributed by atoms with Crippen molar-refractivity contribution in [3.63, 3.8) is 0 Å². The van der Waals surface area contributed by atoms with Gasteiger partial charge < -0.3 is 14.8 Å². The van der Waals surface area contributed by atoms with E-state index in [9.17, 15) is 22.8 Å². The Morgan fingerprint density at radius 2 is 1.91 bits per heavy atom. The number of amides is 1. The summed E-state index contributed by atoms with van der Waals surface area (Å²) in [6.45, 7) is 5.72. The highest BCUT2D eigenvalue weighted by Crippen LogP contribution is 2.29. The zero-order valence-corrected chi connectivity index (χ0v) is 18.4. The van der Waals surface area contributed by atoms with E-state index in [-0.39, 0.29) is 17.9 Å². The van der Waals surface area contributed by atoms with Crippen molar-refractivity contribution < 1.29 is 18.0 Å². The molecule has 0 spiro atoms. The molecule has 0 unspecified atom stereocenters. The van der Waals surface area contributed by atoms with Gasteiger partial charge in [0.15, 0.2) is 0 Å². The molecule has 0 atom stereocenters. The van der Waals surface area contributed by atoms with Crippen molar-refractivity contribution in [3.05, 3.63) is 50.5 Å². The van der Waals surface area contributed by atoms with Gasteiger partial charge in [-0.1, -0.05) is 0 Å². The SMILES string of the molecule is Cc1sc2nc(CCC(=O)N3CCN(c4ccc(C(F)(F)F)cn4)CC3)[nH]c(=O)c2c1C. The lowest BCUT2D eigenvalue weighted by Crippen LogP contribution is -2.49. The van der Waals surface area contributed by atoms with Crippen LogP contribution in [0, 0.1) is 13.8 Å². The number of aryl methyl sites for hydroxylation is 3. The molecule has 170 valence electrons. The monoisotopic (exact) mass is 465 g/mol. The average Bonchev–Trinajstić information content (AvgIpc) is 3.05. The largest absolute Gasteiger partial charge is 0.417 e. The molecule has 11 heteroatoms. The number of carbonyl (C=O) groups excluding carboxylic acids is 1. The lowest BCUT2D eigenvalue weighted by atomic mass is 10.2. The van der Waals surface area contributed by atoms with Crippen LogP contribution < -0.4 is 10.5 Å². The van der Waals surface area contributed by atoms with Crippen LogP contribution >= 0.6 is 11.3 Å². The van der Waals surface area contributed by atoms with Gasteiger partial charge in [0.05, 0.1) is 10.9 Å². The van der Waals surface area contributed by atoms with E-state index in [0.29, 0.717) is 54.5 Å². The van der Waals surface area contributed by atoms with Gasteiger partial charge in [-0.3, -0.25) is 9.59 Å². The standard InChI is InChI=1S/C21H22F3N5O2S/c1-12-13(2)32-20-18(12)19(31)26-15(27-20)4-6-17(30)29-9-7-28(8-10-29)16-5-3-14(11-25-16)21(22,23)24/h3,5,11H,4,6-10H2,1-2H3,(H,26,27,31). The molecule has 0 radical (unpaired) electrons. The fraction of sp³-hybridized carbons (Fsp3) is 0.429. The van der Waals surface area contributed by atoms with Crippen LogP contribution in [0.2, 0.25) is 0 Å². The summed E-state index contributed by atoms with van der Waals surface area (Å²) in [5.74, 6) is 0.901. The molecule has 0 aromatic carbocycles. The molecule has 1 fully saturated rings. The molecular formula is C21H22F3N5O2S. The third-order valence-electron chi connectivity index (χ3n) is 5.70. The van der Waals surface area contributed by atoms with E-state index in [1.165, 1.54) is 17.4 Å². The van der Waals surface area contributed by atoms with Gasteiger partial charge in [-0.05, 0) is 31.5 Å². The molecule has 1 N–H and O–H groups in total. The number of alkyl halides is 3. The van der Waals surface area contributed by atoms with Crippen molar-refractivity contribution >= 4 is 33.3 Å². The topological polar surface area (TPSA) is 82.2 Å². The molecule has 32 heavy (non-hydrogen) atoms. The first-order valence-electron chi connectivity index (χ1n) is 10.2. The third kappa shape index (κ3) is 4.47. The Kier molecular flexibility index (Phi) is 5.93. The Morgan fingerprint density at radius 1 is 1.19 bits per heavy atom. The number of fused-ring (bicyclic) bond motifs is 1. The van der Waals surface area contributed by atoms with Crippen molar-refractivity contribution in [3.8, 4) is 0 Å². The van der Waals surface area contributed by atoms with E-state index in [1.54, 1.807) is 4.90 Å². The molecule has 1 aliphatic heterocycles. The second-order valence-corrected chi connectivity index (χ2v) is 8.95. The van der Waals surface area contributed by atoms with Gasteiger partial charge in [-0.2, -0.15) is 13.2 Å². The fourth-order valence-corrected chi connectivity index (χ4v) is 4.78. The number of anilines is 1. The average molecular weight is 466 g/mol. The predicted octanol–water partition coefficient (Wildman–Crippen LogP) is 3.30. The Labute approximate surface area is 185 Å². The minimum absolute atomic E-state index is 0.0497. The summed E-state index contributed by atoms with van der Waals surface area (Å²) < 4.78 is 38.1. The van der Waals surface area contributed by atoms with Gasteiger partial charge in [-0.15, -0.1) is 11.3 Å². The molecule has 1 aliphatic rings. The maximum Gasteiger partial charge on any atom is 0.417 e. The first-order valence-corrected chi connectivity index (χ1v) is 11.0. The zero-order valence-electron chi connectivity index (χ0n) is 17.6. The second kappa shape index (κ2) is 8.53. The lowest BCUT2D eigenvalue weighted by molar-refractivity contribution is -0.137. The van der Waals surface area contributed by atoms with E-state index in [1.807, 2.05) is 18.7 Å². The second-order valence-electron chi connectivity index (χ2n) is 7.75. The summed E-state index contributed by atoms with van der Waals surface area (Å²) in [7, 11) is 0. The predicted molar refractivity (Wildman–Crippen MR) is 116 cm³/mol. The smallest absolute Gasteiger partial charge is 0.353 e. The quantitative estimate of drug-likeness (QED) is 0.640. The molecule has 3 aromatic heterocycles. The Hall–Kier alpha value is -2.95. The van der Waals surface area contributed by atoms with E-state index < -0.39 is 11.7 Å². The summed E-state index contributed by atoms with van der Waals surface area (Å²) in [6, 6.07) is 2.37. The number of piperazine rings is 1. The van der Waals surface area contributed by atoms with Gasteiger partial charge in [0.2, 0.25) is 5.91 Å². The molecule has 4 rings (SSSR count). The van der Waals surface area contributed by atoms with E-state index in [2.05, 4.69) is 15.0 Å². The van der Waals surface area contributed by atoms with Crippen LogP contribution in [0.4, 0.5) is 19.0 Å². The van der Waals surface area contributed by atoms with Crippen LogP contribution in [0.3, 0.4) is 0 Å². The highest BCUT2D eigenvalue weighted by Gasteiger charge is 2.31. The van der Waals surface area contributed by atoms with Crippen molar-refractivity contribution in [1.29, 1.82) is 0 Å². The number of halogens is 3. The summed E-state index contributed by atoms with van der Waals surface area (Å²) in [4.78, 5) is 41.5. The number of nitrogens with zero attached hydrogens (tertiary/aromatic N) is 4. The van der Waals surface area contributed by atoms with E-state index >= 15 is 0 Å². The summed E-state index contributed by atoms with van der Waals surface area (Å²) in [6.07, 6.45) is -3.04. The summed E-state index contributed by atoms with van der Waals surface area (Å²) >= 11 is 1.47. The zero-order chi connectivity index (χ0) is 23.0. The molecule has 0 aliphatic carbocycles. The van der Waals surface area contributed by atoms with Gasteiger partial charge in [0.1, 0.15) is 16.5 Å². The number of rotatable bonds is 4. The van der Waals surface area contributed by atoms with Crippen LogP contribution in [0.15, 0.2) is 23.1 Å². The maximum atomic E-state index is 12.7. The number of carbonyl (C=O) groups is 1. The van der Waals surface area contributed by atoms with Gasteiger partial charge in [0, 0.05) is 50.1 Å². The van der Waals surface area contributed by atoms with Crippen molar-refractivity contribution in [2.45, 2.75) is 32.9 Å². The summed E-state index contributed by atoms with van der Waals surface area (Å²) in [5.41, 5.74) is -0.0356. The lowest BCUT2D eigenvalue weighted by Gasteiger charge is -2.35. The number of H-pyrrole nitrogens is 1. The number of thiophene rings is 1. The maximum absolute atomic E-state index is 12.7. The molecule has 4 heterocycles. The van der Waals surface area contributed by atoms with Crippen LogP contribution in [0.5, 0.6) is 0 Å². The van der Waals surface area contributed by atoms with Gasteiger partial charge >= 0.3 is 6.18 Å². The third-order valence-corrected chi connectivity index (χ3v) is 6.80. The van der Waals surface area contributed by atoms with Gasteiger partial charge in [-0.25, -0.2) is 9.97 Å². The molecular weight excluding hydrogens is 443 g/mol. The van der Waals surface area contributed by atoms with Gasteiger partial charge in [0.25, 0.3) is 5.56 Å². The molecule has 0 bridgehead atoms. The van der Waals surface area contributed by atoms with Crippen molar-refractivity contribution in [1.82, 2.24) is 19.9 Å². The normalized spacial score (nSPS) is 14.9. The number of nitrogens with one attached hydrogen (secondary N) is 1. The molecule has 3 aromatic rings. The Balaban J connectivity index is 1.33. The number of aromatic nitrogens is 3. The Morgan fingerprint density at radius 3 is 2.53 bits per heavy atom. The number of hydrogen-bond acceptors (Lipinski definition) is 6. The molecule has 7 nitrogen and oxygen atoms in total. The fourth-order valence-electron chi connectivity index (χ4n) is 3.73. The first kappa shape index (κ1) is 22.3. The Bertz CT molecular complexity index is 1200. The van der Waals surface area contributed by atoms with Crippen LogP contribution in [0.1, 0.15) is 28.2 Å². The minimum atomic E-state index is -4.42. The van der Waals surface area contributed by atoms with Crippen LogP contribution in [-0.2, 0) is 17.4 Å². The van der Waals surface area contributed by atoms with Crippen LogP contribution in [-0.4, -0.2) is 51.9 Å². The number of aromatic amines is 1. The van der Waals surface area contributed by atoms with Crippen molar-refractivity contribution in [2.75, 3.05) is 31.1 Å².